The van der Waals surface area contributed by atoms with Crippen molar-refractivity contribution >= 4 is 23.7 Å². The molecular weight excluding hydrogens is 416 g/mol. The molecule has 172 valence electrons. The fraction of sp³-hybridized carbons (Fsp3) is 0.391. The number of ether oxygens (including phenoxy) is 4. The fourth-order valence-corrected chi connectivity index (χ4v) is 3.07. The second kappa shape index (κ2) is 11.7. The lowest BCUT2D eigenvalue weighted by molar-refractivity contribution is -0.181. The van der Waals surface area contributed by atoms with Crippen LogP contribution < -0.4 is 9.64 Å². The molecule has 1 aromatic heterocycles. The highest BCUT2D eigenvalue weighted by molar-refractivity contribution is 6.18. The van der Waals surface area contributed by atoms with Crippen molar-refractivity contribution in [2.24, 2.45) is 5.41 Å². The van der Waals surface area contributed by atoms with Crippen LogP contribution in [-0.4, -0.2) is 63.9 Å². The number of anilines is 1. The third-order valence-corrected chi connectivity index (χ3v) is 4.82. The second-order valence-corrected chi connectivity index (χ2v) is 6.89. The number of esters is 3. The van der Waals surface area contributed by atoms with Gasteiger partial charge in [-0.15, -0.1) is 0 Å². The predicted octanol–water partition coefficient (Wildman–Crippen LogP) is 2.03. The summed E-state index contributed by atoms with van der Waals surface area (Å²) in [5.41, 5.74) is -1.71. The number of carbonyl (C=O) groups is 3. The molecule has 0 aliphatic rings. The topological polar surface area (TPSA) is 104 Å². The third-order valence-electron chi connectivity index (χ3n) is 4.82. The van der Waals surface area contributed by atoms with E-state index in [2.05, 4.69) is 4.98 Å². The van der Waals surface area contributed by atoms with Crippen molar-refractivity contribution < 1.29 is 33.3 Å². The summed E-state index contributed by atoms with van der Waals surface area (Å²) in [4.78, 5) is 43.8. The lowest BCUT2D eigenvalue weighted by Gasteiger charge is -2.26. The maximum atomic E-state index is 12.6. The maximum absolute atomic E-state index is 12.6. The number of pyridine rings is 1. The van der Waals surface area contributed by atoms with Crippen LogP contribution >= 0.6 is 0 Å². The number of methoxy groups -OCH3 is 2. The molecule has 0 bridgehead atoms. The first-order valence-corrected chi connectivity index (χ1v) is 10.1. The Morgan fingerprint density at radius 2 is 1.62 bits per heavy atom. The second-order valence-electron chi connectivity index (χ2n) is 6.89. The number of likely N-dealkylation sites (N-methyl/N-ethyl adjacent to an activating group) is 1. The molecule has 32 heavy (non-hydrogen) atoms. The van der Waals surface area contributed by atoms with E-state index in [1.54, 1.807) is 37.4 Å². The standard InChI is InChI=1S/C23H28N2O7/c1-5-31-22(28)23(20(26)29-3,21(27)30-4)16-17-9-11-18(12-10-17)32-15-14-25(2)19-8-6-7-13-24-19/h6-13H,5,14-16H2,1-4H3. The molecule has 2 rings (SSSR count). The quantitative estimate of drug-likeness (QED) is 0.292. The summed E-state index contributed by atoms with van der Waals surface area (Å²) in [6, 6.07) is 12.4. The third kappa shape index (κ3) is 5.75. The number of hydrogen-bond acceptors (Lipinski definition) is 9. The van der Waals surface area contributed by atoms with Crippen molar-refractivity contribution in [3.05, 3.63) is 54.2 Å². The number of benzene rings is 1. The molecule has 0 aliphatic heterocycles. The monoisotopic (exact) mass is 444 g/mol. The Morgan fingerprint density at radius 1 is 0.969 bits per heavy atom. The van der Waals surface area contributed by atoms with Gasteiger partial charge in [-0.3, -0.25) is 14.4 Å². The van der Waals surface area contributed by atoms with Gasteiger partial charge in [0.1, 0.15) is 18.2 Å². The van der Waals surface area contributed by atoms with E-state index in [1.165, 1.54) is 0 Å². The van der Waals surface area contributed by atoms with Crippen LogP contribution in [0, 0.1) is 5.41 Å². The van der Waals surface area contributed by atoms with Gasteiger partial charge in [-0.05, 0) is 36.8 Å². The lowest BCUT2D eigenvalue weighted by Crippen LogP contribution is -2.50. The molecule has 2 aromatic rings. The summed E-state index contributed by atoms with van der Waals surface area (Å²) in [6.07, 6.45) is 1.46. The Labute approximate surface area is 187 Å². The van der Waals surface area contributed by atoms with Crippen molar-refractivity contribution in [1.29, 1.82) is 0 Å². The van der Waals surface area contributed by atoms with E-state index in [4.69, 9.17) is 18.9 Å². The minimum Gasteiger partial charge on any atom is -0.492 e. The average molecular weight is 444 g/mol. The van der Waals surface area contributed by atoms with E-state index in [0.29, 0.717) is 24.5 Å². The molecule has 0 amide bonds. The number of hydrogen-bond donors (Lipinski definition) is 0. The van der Waals surface area contributed by atoms with Crippen molar-refractivity contribution in [3.63, 3.8) is 0 Å². The highest BCUT2D eigenvalue weighted by Gasteiger charge is 2.57. The highest BCUT2D eigenvalue weighted by Crippen LogP contribution is 2.30. The van der Waals surface area contributed by atoms with Crippen LogP contribution in [0.25, 0.3) is 0 Å². The highest BCUT2D eigenvalue weighted by atomic mass is 16.6. The number of rotatable bonds is 11. The van der Waals surface area contributed by atoms with Crippen LogP contribution in [0.4, 0.5) is 5.82 Å². The van der Waals surface area contributed by atoms with Gasteiger partial charge in [0.05, 0.1) is 27.4 Å². The number of aromatic nitrogens is 1. The Morgan fingerprint density at radius 3 is 2.16 bits per heavy atom. The molecule has 0 radical (unpaired) electrons. The zero-order chi connectivity index (χ0) is 23.6. The minimum atomic E-state index is -2.24. The fourth-order valence-electron chi connectivity index (χ4n) is 3.07. The summed E-state index contributed by atoms with van der Waals surface area (Å²) in [7, 11) is 4.11. The van der Waals surface area contributed by atoms with Gasteiger partial charge in [-0.1, -0.05) is 18.2 Å². The van der Waals surface area contributed by atoms with Crippen LogP contribution in [0.5, 0.6) is 5.75 Å². The van der Waals surface area contributed by atoms with Gasteiger partial charge in [0, 0.05) is 19.7 Å². The molecule has 0 spiro atoms. The van der Waals surface area contributed by atoms with Crippen molar-refractivity contribution in [3.8, 4) is 5.75 Å². The molecule has 0 fully saturated rings. The van der Waals surface area contributed by atoms with E-state index in [-0.39, 0.29) is 13.0 Å². The van der Waals surface area contributed by atoms with Gasteiger partial charge < -0.3 is 23.8 Å². The molecule has 0 N–H and O–H groups in total. The zero-order valence-electron chi connectivity index (χ0n) is 18.7. The van der Waals surface area contributed by atoms with Gasteiger partial charge in [0.25, 0.3) is 5.41 Å². The first kappa shape index (κ1) is 24.6. The summed E-state index contributed by atoms with van der Waals surface area (Å²) in [6.45, 7) is 2.61. The van der Waals surface area contributed by atoms with Crippen molar-refractivity contribution in [2.45, 2.75) is 13.3 Å². The van der Waals surface area contributed by atoms with Crippen LogP contribution in [0.1, 0.15) is 12.5 Å². The number of carbonyl (C=O) groups excluding carboxylic acids is 3. The first-order valence-electron chi connectivity index (χ1n) is 10.1. The predicted molar refractivity (Wildman–Crippen MR) is 116 cm³/mol. The number of nitrogens with zero attached hydrogens (tertiary/aromatic N) is 2. The molecule has 1 heterocycles. The molecule has 1 aromatic carbocycles. The van der Waals surface area contributed by atoms with Gasteiger partial charge in [-0.2, -0.15) is 0 Å². The minimum absolute atomic E-state index is 0.00566. The molecule has 9 nitrogen and oxygen atoms in total. The Bertz CT molecular complexity index is 884. The lowest BCUT2D eigenvalue weighted by atomic mass is 9.81. The van der Waals surface area contributed by atoms with Crippen LogP contribution in [0.3, 0.4) is 0 Å². The normalized spacial score (nSPS) is 10.8. The average Bonchev–Trinajstić information content (AvgIpc) is 2.83. The smallest absolute Gasteiger partial charge is 0.335 e. The van der Waals surface area contributed by atoms with E-state index >= 15 is 0 Å². The van der Waals surface area contributed by atoms with Crippen molar-refractivity contribution in [2.75, 3.05) is 45.9 Å². The molecule has 0 unspecified atom stereocenters. The largest absolute Gasteiger partial charge is 0.492 e. The van der Waals surface area contributed by atoms with Crippen molar-refractivity contribution in [1.82, 2.24) is 4.98 Å². The molecule has 0 atom stereocenters. The van der Waals surface area contributed by atoms with E-state index in [9.17, 15) is 14.4 Å². The molecule has 0 saturated heterocycles. The Hall–Kier alpha value is -3.62. The van der Waals surface area contributed by atoms with Gasteiger partial charge in [0.2, 0.25) is 0 Å². The summed E-state index contributed by atoms with van der Waals surface area (Å²) in [5, 5.41) is 0. The molecule has 0 aliphatic carbocycles. The van der Waals surface area contributed by atoms with Crippen LogP contribution in [0.15, 0.2) is 48.7 Å². The molecule has 0 saturated carbocycles. The van der Waals surface area contributed by atoms with E-state index in [0.717, 1.165) is 20.0 Å². The first-order chi connectivity index (χ1) is 15.4. The molecular formula is C23H28N2O7. The molecule has 9 heteroatoms. The summed E-state index contributed by atoms with van der Waals surface area (Å²) >= 11 is 0. The van der Waals surface area contributed by atoms with Gasteiger partial charge in [-0.25, -0.2) is 4.98 Å². The zero-order valence-corrected chi connectivity index (χ0v) is 18.7. The van der Waals surface area contributed by atoms with Gasteiger partial charge >= 0.3 is 17.9 Å². The van der Waals surface area contributed by atoms with E-state index < -0.39 is 23.3 Å². The van der Waals surface area contributed by atoms with Gasteiger partial charge in [0.15, 0.2) is 0 Å². The van der Waals surface area contributed by atoms with Crippen LogP contribution in [-0.2, 0) is 35.0 Å². The Balaban J connectivity index is 2.09. The van der Waals surface area contributed by atoms with E-state index in [1.807, 2.05) is 30.1 Å². The SMILES string of the molecule is CCOC(=O)C(Cc1ccc(OCCN(C)c2ccccn2)cc1)(C(=O)OC)C(=O)OC. The summed E-state index contributed by atoms with van der Waals surface area (Å²) in [5.74, 6) is -1.66. The van der Waals surface area contributed by atoms with Crippen LogP contribution in [0.2, 0.25) is 0 Å². The Kier molecular flexibility index (Phi) is 9.00. The summed E-state index contributed by atoms with van der Waals surface area (Å²) < 4.78 is 20.2. The maximum Gasteiger partial charge on any atom is 0.335 e.